The Labute approximate surface area is 250 Å². The monoisotopic (exact) mass is 606 g/mol. The Hall–Kier alpha value is -2.66. The molecule has 0 saturated carbocycles. The normalized spacial score (nSPS) is 13.1. The van der Waals surface area contributed by atoms with E-state index in [1.54, 1.807) is 22.7 Å². The van der Waals surface area contributed by atoms with Crippen molar-refractivity contribution in [3.63, 3.8) is 0 Å². The van der Waals surface area contributed by atoms with Crippen molar-refractivity contribution in [1.29, 1.82) is 0 Å². The lowest BCUT2D eigenvalue weighted by Gasteiger charge is -2.13. The van der Waals surface area contributed by atoms with Crippen molar-refractivity contribution in [2.45, 2.75) is 72.7 Å². The smallest absolute Gasteiger partial charge is 0.226 e. The Balaban J connectivity index is 0.849. The van der Waals surface area contributed by atoms with E-state index in [-0.39, 0.29) is 11.8 Å². The molecule has 0 bridgehead atoms. The van der Waals surface area contributed by atoms with E-state index in [1.165, 1.54) is 19.5 Å². The molecule has 0 radical (unpaired) electrons. The molecular weight excluding hydrogens is 577 g/mol. The number of thioether (sulfide) groups is 2. The number of thiazole rings is 2. The first kappa shape index (κ1) is 27.5. The number of anilines is 2. The highest BCUT2D eigenvalue weighted by molar-refractivity contribution is 7.99. The molecule has 0 unspecified atom stereocenters. The van der Waals surface area contributed by atoms with Gasteiger partial charge in [-0.2, -0.15) is 0 Å². The largest absolute Gasteiger partial charge is 0.302 e. The summed E-state index contributed by atoms with van der Waals surface area (Å²) in [6.45, 7) is 0. The predicted molar refractivity (Wildman–Crippen MR) is 168 cm³/mol. The number of aromatic nitrogens is 2. The van der Waals surface area contributed by atoms with Crippen molar-refractivity contribution in [3.05, 3.63) is 58.3 Å². The Morgan fingerprint density at radius 2 is 1.05 bits per heavy atom. The lowest BCUT2D eigenvalue weighted by atomic mass is 10.1. The fourth-order valence-corrected chi connectivity index (χ4v) is 9.17. The van der Waals surface area contributed by atoms with Crippen LogP contribution in [0, 0.1) is 0 Å². The van der Waals surface area contributed by atoms with Crippen LogP contribution in [0.25, 0.3) is 22.5 Å². The average Bonchev–Trinajstić information content (AvgIpc) is 3.58. The molecule has 4 aromatic rings. The summed E-state index contributed by atoms with van der Waals surface area (Å²) in [5.41, 5.74) is 4.35. The minimum atomic E-state index is 0.0367. The second-order valence-electron chi connectivity index (χ2n) is 9.87. The fraction of sp³-hybridized carbons (Fsp3) is 0.333. The summed E-state index contributed by atoms with van der Waals surface area (Å²) in [5.74, 6) is 1.88. The predicted octanol–water partition coefficient (Wildman–Crippen LogP) is 8.84. The molecule has 2 N–H and O–H groups in total. The van der Waals surface area contributed by atoms with Gasteiger partial charge in [0.25, 0.3) is 0 Å². The Kier molecular flexibility index (Phi) is 8.86. The highest BCUT2D eigenvalue weighted by Gasteiger charge is 2.23. The number of fused-ring (bicyclic) bond motifs is 6. The van der Waals surface area contributed by atoms with Gasteiger partial charge in [0.1, 0.15) is 0 Å². The van der Waals surface area contributed by atoms with Gasteiger partial charge in [-0.05, 0) is 25.0 Å². The van der Waals surface area contributed by atoms with Gasteiger partial charge < -0.3 is 10.6 Å². The number of amides is 2. The average molecular weight is 607 g/mol. The minimum absolute atomic E-state index is 0.0367. The van der Waals surface area contributed by atoms with Gasteiger partial charge in [-0.3, -0.25) is 9.59 Å². The van der Waals surface area contributed by atoms with Crippen molar-refractivity contribution in [3.8, 4) is 22.5 Å². The molecule has 0 spiro atoms. The van der Waals surface area contributed by atoms with Gasteiger partial charge in [-0.1, -0.05) is 62.1 Å². The van der Waals surface area contributed by atoms with E-state index in [0.717, 1.165) is 72.5 Å². The number of nitrogens with one attached hydrogen (secondary N) is 2. The van der Waals surface area contributed by atoms with Gasteiger partial charge in [0, 0.05) is 55.0 Å². The van der Waals surface area contributed by atoms with Crippen LogP contribution in [0.4, 0.5) is 10.3 Å². The van der Waals surface area contributed by atoms with Crippen LogP contribution in [-0.4, -0.2) is 21.8 Å². The molecule has 2 aromatic heterocycles. The first-order valence-electron chi connectivity index (χ1n) is 13.7. The summed E-state index contributed by atoms with van der Waals surface area (Å²) in [6.07, 6.45) is 6.94. The molecule has 6 rings (SSSR count). The van der Waals surface area contributed by atoms with Crippen LogP contribution in [-0.2, 0) is 21.1 Å². The highest BCUT2D eigenvalue weighted by atomic mass is 32.2. The summed E-state index contributed by atoms with van der Waals surface area (Å²) in [5, 5.41) is 7.41. The van der Waals surface area contributed by atoms with E-state index < -0.39 is 0 Å². The molecule has 40 heavy (non-hydrogen) atoms. The van der Waals surface area contributed by atoms with Crippen LogP contribution in [0.3, 0.4) is 0 Å². The number of hydrogen-bond donors (Lipinski definition) is 2. The van der Waals surface area contributed by atoms with E-state index in [4.69, 9.17) is 9.97 Å². The molecule has 2 amide bonds. The Bertz CT molecular complexity index is 1420. The lowest BCUT2D eigenvalue weighted by Crippen LogP contribution is -2.11. The third kappa shape index (κ3) is 6.46. The Morgan fingerprint density at radius 1 is 0.625 bits per heavy atom. The Morgan fingerprint density at radius 3 is 1.52 bits per heavy atom. The lowest BCUT2D eigenvalue weighted by molar-refractivity contribution is -0.117. The molecular formula is C30H30N4O2S4. The van der Waals surface area contributed by atoms with Crippen LogP contribution in [0.5, 0.6) is 0 Å². The molecule has 0 saturated heterocycles. The summed E-state index contributed by atoms with van der Waals surface area (Å²) in [7, 11) is 0. The van der Waals surface area contributed by atoms with E-state index in [1.807, 2.05) is 35.7 Å². The van der Waals surface area contributed by atoms with Gasteiger partial charge in [0.05, 0.1) is 11.4 Å². The van der Waals surface area contributed by atoms with Gasteiger partial charge in [-0.15, -0.1) is 46.2 Å². The first-order valence-corrected chi connectivity index (χ1v) is 17.3. The number of unbranched alkanes of at least 4 members (excludes halogenated alkanes) is 5. The molecule has 206 valence electrons. The van der Waals surface area contributed by atoms with E-state index in [0.29, 0.717) is 23.1 Å². The summed E-state index contributed by atoms with van der Waals surface area (Å²) < 4.78 is 0. The molecule has 2 aromatic carbocycles. The van der Waals surface area contributed by atoms with Crippen LogP contribution >= 0.6 is 46.2 Å². The van der Waals surface area contributed by atoms with Crippen LogP contribution < -0.4 is 10.6 Å². The van der Waals surface area contributed by atoms with Gasteiger partial charge >= 0.3 is 0 Å². The maximum Gasteiger partial charge on any atom is 0.226 e. The molecule has 10 heteroatoms. The van der Waals surface area contributed by atoms with Crippen molar-refractivity contribution in [2.24, 2.45) is 0 Å². The van der Waals surface area contributed by atoms with Crippen LogP contribution in [0.2, 0.25) is 0 Å². The van der Waals surface area contributed by atoms with Gasteiger partial charge in [0.2, 0.25) is 11.8 Å². The highest BCUT2D eigenvalue weighted by Crippen LogP contribution is 2.45. The topological polar surface area (TPSA) is 84.0 Å². The standard InChI is InChI=1S/C30H30N4O2S4/c35-25(31-29-33-27-19-11-7-9-13-21(19)37-17-23(27)39-29)15-5-3-1-2-4-6-16-26(36)32-30-34-28-20-12-8-10-14-22(20)38-18-24(28)40-30/h7-14H,1-6,15-18H2,(H,31,33,35)(H,32,34,36). The number of carbonyl (C=O) groups is 2. The van der Waals surface area contributed by atoms with E-state index >= 15 is 0 Å². The molecule has 6 nitrogen and oxygen atoms in total. The van der Waals surface area contributed by atoms with Gasteiger partial charge in [-0.25, -0.2) is 9.97 Å². The summed E-state index contributed by atoms with van der Waals surface area (Å²) in [6, 6.07) is 16.6. The molecule has 0 fully saturated rings. The van der Waals surface area contributed by atoms with E-state index in [2.05, 4.69) is 47.0 Å². The fourth-order valence-electron chi connectivity index (χ4n) is 4.93. The first-order chi connectivity index (χ1) is 19.6. The maximum absolute atomic E-state index is 12.5. The number of nitrogens with zero attached hydrogens (tertiary/aromatic N) is 2. The third-order valence-corrected chi connectivity index (χ3v) is 11.5. The zero-order valence-corrected chi connectivity index (χ0v) is 25.3. The van der Waals surface area contributed by atoms with Crippen molar-refractivity contribution in [2.75, 3.05) is 10.6 Å². The van der Waals surface area contributed by atoms with Gasteiger partial charge in [0.15, 0.2) is 10.3 Å². The molecule has 4 heterocycles. The second-order valence-corrected chi connectivity index (χ2v) is 14.1. The van der Waals surface area contributed by atoms with Crippen molar-refractivity contribution < 1.29 is 9.59 Å². The number of hydrogen-bond acceptors (Lipinski definition) is 8. The zero-order chi connectivity index (χ0) is 27.3. The van der Waals surface area contributed by atoms with Crippen molar-refractivity contribution >= 4 is 68.3 Å². The number of carbonyl (C=O) groups excluding carboxylic acids is 2. The second kappa shape index (κ2) is 12.9. The van der Waals surface area contributed by atoms with Crippen LogP contribution in [0.1, 0.15) is 61.1 Å². The molecule has 2 aliphatic heterocycles. The van der Waals surface area contributed by atoms with E-state index in [9.17, 15) is 9.59 Å². The number of benzene rings is 2. The quantitative estimate of drug-likeness (QED) is 0.166. The summed E-state index contributed by atoms with van der Waals surface area (Å²) in [4.78, 5) is 39.3. The SMILES string of the molecule is O=C(CCCCCCCCC(=O)Nc1nc2c(s1)CSc1ccccc1-2)Nc1nc2c(s1)CSc1ccccc1-2. The molecule has 0 atom stereocenters. The minimum Gasteiger partial charge on any atom is -0.302 e. The van der Waals surface area contributed by atoms with Crippen molar-refractivity contribution in [1.82, 2.24) is 9.97 Å². The molecule has 0 aliphatic carbocycles. The maximum atomic E-state index is 12.5. The zero-order valence-electron chi connectivity index (χ0n) is 22.0. The van der Waals surface area contributed by atoms with Crippen LogP contribution in [0.15, 0.2) is 58.3 Å². The summed E-state index contributed by atoms with van der Waals surface area (Å²) >= 11 is 6.82. The third-order valence-electron chi connectivity index (χ3n) is 6.95. The molecule has 2 aliphatic rings. The number of rotatable bonds is 11.